The van der Waals surface area contributed by atoms with Gasteiger partial charge in [-0.05, 0) is 33.4 Å². The van der Waals surface area contributed by atoms with Crippen molar-refractivity contribution in [3.63, 3.8) is 0 Å². The van der Waals surface area contributed by atoms with Crippen molar-refractivity contribution in [1.82, 2.24) is 19.2 Å². The SMILES string of the molecule is CN(C)C1(CNS(=O)(=O)c2c(N)ncn2C)CCC1. The van der Waals surface area contributed by atoms with E-state index in [0.717, 1.165) is 19.3 Å². The second-order valence-corrected chi connectivity index (χ2v) is 7.02. The number of nitrogen functional groups attached to an aromatic ring is 1. The van der Waals surface area contributed by atoms with Crippen LogP contribution in [0.4, 0.5) is 5.82 Å². The molecule has 2 rings (SSSR count). The van der Waals surface area contributed by atoms with E-state index in [0.29, 0.717) is 6.54 Å². The summed E-state index contributed by atoms with van der Waals surface area (Å²) in [6.45, 7) is 0.396. The highest BCUT2D eigenvalue weighted by atomic mass is 32.2. The molecule has 0 aliphatic heterocycles. The van der Waals surface area contributed by atoms with Gasteiger partial charge in [0, 0.05) is 19.1 Å². The molecule has 0 aromatic carbocycles. The molecule has 19 heavy (non-hydrogen) atoms. The lowest BCUT2D eigenvalue weighted by Gasteiger charge is -2.47. The number of imidazole rings is 1. The van der Waals surface area contributed by atoms with Crippen LogP contribution in [-0.4, -0.2) is 49.0 Å². The first kappa shape index (κ1) is 14.3. The number of hydrogen-bond donors (Lipinski definition) is 2. The van der Waals surface area contributed by atoms with Gasteiger partial charge in [-0.1, -0.05) is 0 Å². The van der Waals surface area contributed by atoms with Gasteiger partial charge < -0.3 is 15.2 Å². The Morgan fingerprint density at radius 3 is 2.53 bits per heavy atom. The van der Waals surface area contributed by atoms with Crippen molar-refractivity contribution in [3.05, 3.63) is 6.33 Å². The molecule has 1 saturated carbocycles. The number of nitrogens with two attached hydrogens (primary N) is 1. The van der Waals surface area contributed by atoms with Crippen molar-refractivity contribution in [2.45, 2.75) is 29.8 Å². The van der Waals surface area contributed by atoms with Gasteiger partial charge in [-0.2, -0.15) is 0 Å². The molecule has 0 radical (unpaired) electrons. The molecule has 0 saturated heterocycles. The standard InChI is InChI=1S/C11H21N5O2S/c1-15(2)11(5-4-6-11)7-14-19(17,18)10-9(12)13-8-16(10)3/h8,14H,4-7,12H2,1-3H3. The zero-order valence-electron chi connectivity index (χ0n) is 11.5. The maximum atomic E-state index is 12.3. The van der Waals surface area contributed by atoms with Gasteiger partial charge in [-0.15, -0.1) is 0 Å². The van der Waals surface area contributed by atoms with E-state index in [1.165, 1.54) is 10.9 Å². The lowest BCUT2D eigenvalue weighted by molar-refractivity contribution is 0.0656. The van der Waals surface area contributed by atoms with E-state index in [2.05, 4.69) is 14.6 Å². The molecular formula is C11H21N5O2S. The van der Waals surface area contributed by atoms with Gasteiger partial charge in [0.05, 0.1) is 6.33 Å². The Labute approximate surface area is 113 Å². The van der Waals surface area contributed by atoms with Gasteiger partial charge in [0.25, 0.3) is 10.0 Å². The molecule has 1 aliphatic carbocycles. The molecule has 0 unspecified atom stereocenters. The molecule has 108 valence electrons. The number of hydrogen-bond acceptors (Lipinski definition) is 5. The van der Waals surface area contributed by atoms with Crippen LogP contribution in [0, 0.1) is 0 Å². The predicted molar refractivity (Wildman–Crippen MR) is 73.1 cm³/mol. The molecule has 0 amide bonds. The molecule has 1 aliphatic rings. The van der Waals surface area contributed by atoms with E-state index in [1.807, 2.05) is 14.1 Å². The summed E-state index contributed by atoms with van der Waals surface area (Å²) in [6, 6.07) is 0. The van der Waals surface area contributed by atoms with E-state index >= 15 is 0 Å². The van der Waals surface area contributed by atoms with E-state index < -0.39 is 10.0 Å². The van der Waals surface area contributed by atoms with Crippen molar-refractivity contribution in [3.8, 4) is 0 Å². The second-order valence-electron chi connectivity index (χ2n) is 5.34. The predicted octanol–water partition coefficient (Wildman–Crippen LogP) is -0.235. The molecule has 8 heteroatoms. The molecule has 0 spiro atoms. The maximum absolute atomic E-state index is 12.3. The van der Waals surface area contributed by atoms with Crippen LogP contribution in [0.3, 0.4) is 0 Å². The number of sulfonamides is 1. The first-order valence-corrected chi connectivity index (χ1v) is 7.71. The number of likely N-dealkylation sites (N-methyl/N-ethyl adjacent to an activating group) is 1. The molecule has 1 fully saturated rings. The third kappa shape index (κ3) is 2.47. The summed E-state index contributed by atoms with van der Waals surface area (Å²) in [5.41, 5.74) is 5.54. The highest BCUT2D eigenvalue weighted by Gasteiger charge is 2.40. The number of rotatable bonds is 5. The van der Waals surface area contributed by atoms with Crippen molar-refractivity contribution >= 4 is 15.8 Å². The topological polar surface area (TPSA) is 93.2 Å². The fraction of sp³-hybridized carbons (Fsp3) is 0.727. The number of aryl methyl sites for hydroxylation is 1. The van der Waals surface area contributed by atoms with Crippen LogP contribution in [0.25, 0.3) is 0 Å². The van der Waals surface area contributed by atoms with E-state index in [-0.39, 0.29) is 16.4 Å². The summed E-state index contributed by atoms with van der Waals surface area (Å²) in [4.78, 5) is 5.90. The number of nitrogens with one attached hydrogen (secondary N) is 1. The van der Waals surface area contributed by atoms with Crippen LogP contribution in [-0.2, 0) is 17.1 Å². The van der Waals surface area contributed by atoms with Crippen molar-refractivity contribution in [1.29, 1.82) is 0 Å². The molecule has 7 nitrogen and oxygen atoms in total. The third-order valence-electron chi connectivity index (χ3n) is 3.99. The molecule has 1 heterocycles. The third-order valence-corrected chi connectivity index (χ3v) is 5.52. The largest absolute Gasteiger partial charge is 0.381 e. The van der Waals surface area contributed by atoms with Crippen LogP contribution in [0.1, 0.15) is 19.3 Å². The van der Waals surface area contributed by atoms with Gasteiger partial charge >= 0.3 is 0 Å². The highest BCUT2D eigenvalue weighted by molar-refractivity contribution is 7.89. The Kier molecular flexibility index (Phi) is 3.59. The number of aromatic nitrogens is 2. The van der Waals surface area contributed by atoms with Crippen LogP contribution < -0.4 is 10.5 Å². The summed E-state index contributed by atoms with van der Waals surface area (Å²) >= 11 is 0. The molecular weight excluding hydrogens is 266 g/mol. The van der Waals surface area contributed by atoms with Crippen LogP contribution in [0.5, 0.6) is 0 Å². The van der Waals surface area contributed by atoms with Gasteiger partial charge in [0.1, 0.15) is 0 Å². The molecule has 3 N–H and O–H groups in total. The summed E-state index contributed by atoms with van der Waals surface area (Å²) < 4.78 is 28.6. The van der Waals surface area contributed by atoms with Gasteiger partial charge in [0.15, 0.2) is 10.8 Å². The Morgan fingerprint density at radius 1 is 1.53 bits per heavy atom. The fourth-order valence-corrected chi connectivity index (χ4v) is 3.78. The van der Waals surface area contributed by atoms with Crippen molar-refractivity contribution in [2.24, 2.45) is 7.05 Å². The number of nitrogens with zero attached hydrogens (tertiary/aromatic N) is 3. The Balaban J connectivity index is 2.15. The Morgan fingerprint density at radius 2 is 2.16 bits per heavy atom. The molecule has 0 bridgehead atoms. The lowest BCUT2D eigenvalue weighted by Crippen LogP contribution is -2.57. The van der Waals surface area contributed by atoms with E-state index in [1.54, 1.807) is 7.05 Å². The summed E-state index contributed by atoms with van der Waals surface area (Å²) in [7, 11) is 1.95. The molecule has 1 aromatic rings. The van der Waals surface area contributed by atoms with Crippen molar-refractivity contribution < 1.29 is 8.42 Å². The maximum Gasteiger partial charge on any atom is 0.260 e. The van der Waals surface area contributed by atoms with E-state index in [4.69, 9.17) is 5.73 Å². The Hall–Kier alpha value is -1.12. The second kappa shape index (κ2) is 4.77. The average molecular weight is 287 g/mol. The lowest BCUT2D eigenvalue weighted by atomic mass is 9.76. The smallest absolute Gasteiger partial charge is 0.260 e. The van der Waals surface area contributed by atoms with Gasteiger partial charge in [-0.25, -0.2) is 18.1 Å². The average Bonchev–Trinajstić information content (AvgIpc) is 2.56. The van der Waals surface area contributed by atoms with Crippen LogP contribution in [0.15, 0.2) is 11.4 Å². The first-order valence-electron chi connectivity index (χ1n) is 6.22. The minimum absolute atomic E-state index is 0.0285. The zero-order chi connectivity index (χ0) is 14.3. The normalized spacial score (nSPS) is 18.5. The summed E-state index contributed by atoms with van der Waals surface area (Å²) in [6.07, 6.45) is 4.54. The van der Waals surface area contributed by atoms with Gasteiger partial charge in [0.2, 0.25) is 0 Å². The minimum atomic E-state index is -3.62. The summed E-state index contributed by atoms with van der Waals surface area (Å²) in [5.74, 6) is 0.0301. The minimum Gasteiger partial charge on any atom is -0.381 e. The zero-order valence-corrected chi connectivity index (χ0v) is 12.4. The highest BCUT2D eigenvalue weighted by Crippen LogP contribution is 2.35. The van der Waals surface area contributed by atoms with Crippen LogP contribution in [0.2, 0.25) is 0 Å². The van der Waals surface area contributed by atoms with Crippen molar-refractivity contribution in [2.75, 3.05) is 26.4 Å². The number of anilines is 1. The van der Waals surface area contributed by atoms with Gasteiger partial charge in [-0.3, -0.25) is 0 Å². The first-order chi connectivity index (χ1) is 8.78. The fourth-order valence-electron chi connectivity index (χ4n) is 2.43. The van der Waals surface area contributed by atoms with Crippen LogP contribution >= 0.6 is 0 Å². The molecule has 0 atom stereocenters. The monoisotopic (exact) mass is 287 g/mol. The Bertz CT molecular complexity index is 540. The van der Waals surface area contributed by atoms with E-state index in [9.17, 15) is 8.42 Å². The molecule has 1 aromatic heterocycles. The summed E-state index contributed by atoms with van der Waals surface area (Å²) in [5, 5.41) is 0.0285. The quantitative estimate of drug-likeness (QED) is 0.780.